The van der Waals surface area contributed by atoms with Crippen LogP contribution >= 0.6 is 0 Å². The molecule has 15 nitrogen and oxygen atoms in total. The Labute approximate surface area is 252 Å². The Bertz CT molecular complexity index is 1470. The second kappa shape index (κ2) is 11.5. The van der Waals surface area contributed by atoms with Crippen molar-refractivity contribution < 1.29 is 49.8 Å². The molecule has 15 heteroatoms. The van der Waals surface area contributed by atoms with Gasteiger partial charge in [-0.1, -0.05) is 19.1 Å². The smallest absolute Gasteiger partial charge is 0.294 e. The Hall–Kier alpha value is -4.05. The first-order valence-corrected chi connectivity index (χ1v) is 14.3. The number of hydrogen-bond acceptors (Lipinski definition) is 13. The lowest BCUT2D eigenvalue weighted by molar-refractivity contribution is -0.759. The van der Waals surface area contributed by atoms with Crippen LogP contribution < -0.4 is 5.32 Å². The molecule has 1 amide bonds. The van der Waals surface area contributed by atoms with E-state index in [2.05, 4.69) is 10.2 Å². The molecule has 1 aliphatic heterocycles. The largest absolute Gasteiger partial charge is 0.510 e. The summed E-state index contributed by atoms with van der Waals surface area (Å²) in [4.78, 5) is 59.3. The Morgan fingerprint density at radius 3 is 2.61 bits per heavy atom. The van der Waals surface area contributed by atoms with Crippen molar-refractivity contribution in [2.75, 3.05) is 40.5 Å². The van der Waals surface area contributed by atoms with Crippen molar-refractivity contribution in [3.63, 3.8) is 0 Å². The third-order valence-electron chi connectivity index (χ3n) is 9.46. The number of hydrogen-bond donors (Lipinski definition) is 6. The van der Waals surface area contributed by atoms with Crippen LogP contribution in [0.15, 0.2) is 40.9 Å². The van der Waals surface area contributed by atoms with Gasteiger partial charge in [-0.2, -0.15) is 0 Å². The van der Waals surface area contributed by atoms with E-state index in [0.29, 0.717) is 31.5 Å². The molecule has 1 saturated heterocycles. The highest BCUT2D eigenvalue weighted by molar-refractivity contribution is 6.25. The number of phenolic OH excluding ortho intramolecular Hbond substituents is 1. The predicted octanol–water partition coefficient (Wildman–Crippen LogP) is 0.161. The highest BCUT2D eigenvalue weighted by atomic mass is 16.9. The molecule has 1 fully saturated rings. The van der Waals surface area contributed by atoms with E-state index in [0.717, 1.165) is 0 Å². The molecule has 7 atom stereocenters. The van der Waals surface area contributed by atoms with E-state index in [1.54, 1.807) is 17.9 Å². The van der Waals surface area contributed by atoms with E-state index in [-0.39, 0.29) is 30.5 Å². The number of piperidine rings is 1. The summed E-state index contributed by atoms with van der Waals surface area (Å²) in [5, 5.41) is 69.4. The van der Waals surface area contributed by atoms with Gasteiger partial charge in [0.25, 0.3) is 11.0 Å². The van der Waals surface area contributed by atoms with E-state index in [1.165, 1.54) is 31.1 Å². The lowest BCUT2D eigenvalue weighted by atomic mass is 9.55. The molecule has 238 valence electrons. The summed E-state index contributed by atoms with van der Waals surface area (Å²) in [6.07, 6.45) is -0.293. The Morgan fingerprint density at radius 1 is 1.25 bits per heavy atom. The van der Waals surface area contributed by atoms with Crippen LogP contribution in [0, 0.1) is 27.9 Å². The number of phenols is 1. The number of rotatable bonds is 7. The van der Waals surface area contributed by atoms with E-state index in [1.807, 2.05) is 0 Å². The monoisotopic (exact) mass is 616 g/mol. The number of amides is 1. The van der Waals surface area contributed by atoms with Gasteiger partial charge < -0.3 is 35.7 Å². The zero-order chi connectivity index (χ0) is 32.2. The van der Waals surface area contributed by atoms with E-state index in [4.69, 9.17) is 0 Å². The van der Waals surface area contributed by atoms with Gasteiger partial charge in [-0.3, -0.25) is 24.2 Å². The topological polar surface area (TPSA) is 223 Å². The molecule has 1 heterocycles. The predicted molar refractivity (Wildman–Crippen MR) is 151 cm³/mol. The van der Waals surface area contributed by atoms with Crippen molar-refractivity contribution in [2.24, 2.45) is 17.8 Å². The number of likely N-dealkylation sites (tertiary alicyclic amines) is 1. The molecule has 0 radical (unpaired) electrons. The molecule has 44 heavy (non-hydrogen) atoms. The van der Waals surface area contributed by atoms with Crippen LogP contribution in [0.25, 0.3) is 0 Å². The summed E-state index contributed by atoms with van der Waals surface area (Å²) in [5.41, 5.74) is -3.97. The first-order chi connectivity index (χ1) is 20.7. The van der Waals surface area contributed by atoms with Crippen LogP contribution in [-0.4, -0.2) is 116 Å². The normalized spacial score (nSPS) is 32.2. The highest BCUT2D eigenvalue weighted by Gasteiger charge is 2.67. The minimum absolute atomic E-state index is 0.101. The van der Waals surface area contributed by atoms with Crippen molar-refractivity contribution in [1.29, 1.82) is 0 Å². The van der Waals surface area contributed by atoms with Gasteiger partial charge >= 0.3 is 0 Å². The summed E-state index contributed by atoms with van der Waals surface area (Å²) < 4.78 is 0. The second-order valence-corrected chi connectivity index (χ2v) is 12.2. The molecule has 0 spiro atoms. The number of benzene rings is 1. The standard InChI is InChI=1S/C29H36N4O11/c1-13-15-7-4-8-16(34)18(15)23(35)19-17(13)24(36)21-22(31(2)3)25(37)20(27(39)29(21,41)26(19)38)28(40)30-12-32-9-5-6-14(10-32)11-44-33(42)43/h4,7-8,13-14,17,21-22,24,34,36-38,41H,5-6,9-12H2,1-3H3,(H,30,40). The second-order valence-electron chi connectivity index (χ2n) is 12.2. The first kappa shape index (κ1) is 31.4. The molecule has 1 aromatic carbocycles. The fraction of sp³-hybridized carbons (Fsp3) is 0.552. The third kappa shape index (κ3) is 4.80. The number of aliphatic hydroxyl groups excluding tert-OH is 3. The number of nitrogens with zero attached hydrogens (tertiary/aromatic N) is 3. The summed E-state index contributed by atoms with van der Waals surface area (Å²) in [7, 11) is 3.00. The highest BCUT2D eigenvalue weighted by Crippen LogP contribution is 2.55. The van der Waals surface area contributed by atoms with Crippen LogP contribution in [0.3, 0.4) is 0 Å². The van der Waals surface area contributed by atoms with Crippen molar-refractivity contribution >= 4 is 17.5 Å². The van der Waals surface area contributed by atoms with Crippen molar-refractivity contribution in [2.45, 2.75) is 43.4 Å². The number of aliphatic hydroxyl groups is 4. The molecule has 7 unspecified atom stereocenters. The van der Waals surface area contributed by atoms with Crippen LogP contribution in [-0.2, 0) is 14.4 Å². The van der Waals surface area contributed by atoms with Gasteiger partial charge in [0.05, 0.1) is 30.3 Å². The summed E-state index contributed by atoms with van der Waals surface area (Å²) >= 11 is 0. The third-order valence-corrected chi connectivity index (χ3v) is 9.46. The molecular formula is C29H36N4O11. The lowest BCUT2D eigenvalue weighted by Gasteiger charge is -2.53. The molecule has 3 aliphatic carbocycles. The first-order valence-electron chi connectivity index (χ1n) is 14.3. The SMILES string of the molecule is CC1c2cccc(O)c2C(=O)C2=C(O)C3(O)C(=O)C(C(=O)NCN4CCCC(CO[N+](=O)[O-])C4)=C(O)C(N(C)C)C3C(O)C21. The van der Waals surface area contributed by atoms with Crippen LogP contribution in [0.2, 0.25) is 0 Å². The fourth-order valence-electron chi connectivity index (χ4n) is 7.43. The molecule has 4 aliphatic rings. The average Bonchev–Trinajstić information content (AvgIpc) is 2.97. The quantitative estimate of drug-likeness (QED) is 0.137. The van der Waals surface area contributed by atoms with E-state index in [9.17, 15) is 50.0 Å². The number of ketones is 2. The molecule has 0 saturated carbocycles. The van der Waals surface area contributed by atoms with Gasteiger partial charge in [0.2, 0.25) is 5.78 Å². The number of Topliss-reactive ketones (excluding diaryl/α,β-unsaturated/α-hetero) is 2. The molecule has 1 aromatic rings. The van der Waals surface area contributed by atoms with Crippen molar-refractivity contribution in [3.05, 3.63) is 62.1 Å². The fourth-order valence-corrected chi connectivity index (χ4v) is 7.43. The number of likely N-dealkylation sites (N-methyl/N-ethyl adjacent to an activating group) is 1. The molecular weight excluding hydrogens is 580 g/mol. The van der Waals surface area contributed by atoms with Gasteiger partial charge in [-0.25, -0.2) is 0 Å². The van der Waals surface area contributed by atoms with Crippen LogP contribution in [0.1, 0.15) is 41.6 Å². The van der Waals surface area contributed by atoms with Crippen LogP contribution in [0.5, 0.6) is 5.75 Å². The van der Waals surface area contributed by atoms with Gasteiger partial charge in [0.1, 0.15) is 29.4 Å². The Morgan fingerprint density at radius 2 is 1.95 bits per heavy atom. The zero-order valence-electron chi connectivity index (χ0n) is 24.5. The average molecular weight is 617 g/mol. The number of carbonyl (C=O) groups excluding carboxylic acids is 3. The minimum atomic E-state index is -2.97. The Kier molecular flexibility index (Phi) is 8.18. The van der Waals surface area contributed by atoms with Crippen molar-refractivity contribution in [3.8, 4) is 5.75 Å². The van der Waals surface area contributed by atoms with Gasteiger partial charge in [-0.15, -0.1) is 10.1 Å². The van der Waals surface area contributed by atoms with E-state index < -0.39 is 80.7 Å². The summed E-state index contributed by atoms with van der Waals surface area (Å²) in [6.45, 7) is 2.35. The summed E-state index contributed by atoms with van der Waals surface area (Å²) in [5.74, 6) is -8.95. The van der Waals surface area contributed by atoms with Crippen molar-refractivity contribution in [1.82, 2.24) is 15.1 Å². The summed E-state index contributed by atoms with van der Waals surface area (Å²) in [6, 6.07) is 3.10. The maximum Gasteiger partial charge on any atom is 0.294 e. The van der Waals surface area contributed by atoms with Gasteiger partial charge in [0, 0.05) is 18.0 Å². The maximum atomic E-state index is 14.0. The zero-order valence-corrected chi connectivity index (χ0v) is 24.5. The lowest BCUT2D eigenvalue weighted by Crippen LogP contribution is -2.68. The number of aromatic hydroxyl groups is 1. The van der Waals surface area contributed by atoms with E-state index >= 15 is 0 Å². The Balaban J connectivity index is 1.50. The van der Waals surface area contributed by atoms with Crippen LogP contribution in [0.4, 0.5) is 0 Å². The van der Waals surface area contributed by atoms with Gasteiger partial charge in [-0.05, 0) is 56.9 Å². The number of fused-ring (bicyclic) bond motifs is 3. The molecule has 6 N–H and O–H groups in total. The minimum Gasteiger partial charge on any atom is -0.510 e. The van der Waals surface area contributed by atoms with Gasteiger partial charge in [0.15, 0.2) is 11.4 Å². The number of nitrogens with one attached hydrogen (secondary N) is 1. The molecule has 0 aromatic heterocycles. The molecule has 0 bridgehead atoms. The molecule has 5 rings (SSSR count). The number of carbonyl (C=O) groups is 3. The maximum absolute atomic E-state index is 14.0.